The Hall–Kier alpha value is -3.48. The molecule has 0 saturated carbocycles. The minimum Gasteiger partial charge on any atom is -0.502 e. The van der Waals surface area contributed by atoms with Crippen molar-refractivity contribution in [3.8, 4) is 6.07 Å². The van der Waals surface area contributed by atoms with Gasteiger partial charge >= 0.3 is 0 Å². The van der Waals surface area contributed by atoms with Gasteiger partial charge in [-0.2, -0.15) is 5.26 Å². The number of hydrogen-bond donors (Lipinski definition) is 3. The molecular weight excluding hydrogens is 454 g/mol. The number of nitriles is 1. The normalized spacial score (nSPS) is 19.6. The van der Waals surface area contributed by atoms with E-state index in [0.717, 1.165) is 0 Å². The molecule has 1 saturated heterocycles. The maximum atomic E-state index is 12.8. The van der Waals surface area contributed by atoms with Crippen LogP contribution in [0, 0.1) is 11.3 Å². The number of nitrogens with one attached hydrogen (secondary N) is 1. The molecule has 1 heterocycles. The summed E-state index contributed by atoms with van der Waals surface area (Å²) in [6, 6.07) is 16.1. The highest BCUT2D eigenvalue weighted by molar-refractivity contribution is 8.25. The molecule has 0 radical (unpaired) electrons. The average molecular weight is 475 g/mol. The van der Waals surface area contributed by atoms with Crippen LogP contribution in [0.1, 0.15) is 23.1 Å². The molecule has 1 unspecified atom stereocenters. The van der Waals surface area contributed by atoms with Crippen molar-refractivity contribution < 1.29 is 19.8 Å². The van der Waals surface area contributed by atoms with Crippen molar-refractivity contribution in [2.75, 3.05) is 5.32 Å². The Labute approximate surface area is 201 Å². The quantitative estimate of drug-likeness (QED) is 0.298. The maximum Gasteiger partial charge on any atom is 0.276 e. The van der Waals surface area contributed by atoms with Crippen molar-refractivity contribution in [2.45, 2.75) is 13.0 Å². The van der Waals surface area contributed by atoms with Gasteiger partial charge in [-0.15, -0.1) is 0 Å². The third-order valence-electron chi connectivity index (χ3n) is 5.49. The summed E-state index contributed by atoms with van der Waals surface area (Å²) in [4.78, 5) is 13.4. The van der Waals surface area contributed by atoms with Gasteiger partial charge in [0.1, 0.15) is 12.6 Å². The smallest absolute Gasteiger partial charge is 0.276 e. The van der Waals surface area contributed by atoms with E-state index in [1.807, 2.05) is 12.1 Å². The van der Waals surface area contributed by atoms with Gasteiger partial charge in [-0.3, -0.25) is 4.79 Å². The second kappa shape index (κ2) is 8.81. The number of para-hydroxylation sites is 1. The van der Waals surface area contributed by atoms with Crippen LogP contribution in [0.15, 0.2) is 89.7 Å². The van der Waals surface area contributed by atoms with E-state index >= 15 is 0 Å². The summed E-state index contributed by atoms with van der Waals surface area (Å²) in [7, 11) is 0. The number of nitrogens with zero attached hydrogens (tertiary/aromatic N) is 2. The molecule has 1 aliphatic carbocycles. The number of thioether (sulfide) groups is 1. The first-order valence-electron chi connectivity index (χ1n) is 9.99. The zero-order chi connectivity index (χ0) is 23.8. The second-order valence-electron chi connectivity index (χ2n) is 7.62. The lowest BCUT2D eigenvalue weighted by molar-refractivity contribution is -1.00. The lowest BCUT2D eigenvalue weighted by Gasteiger charge is -2.27. The first-order valence-corrected chi connectivity index (χ1v) is 11.2. The van der Waals surface area contributed by atoms with E-state index in [-0.39, 0.29) is 33.5 Å². The number of hydrogen-bond acceptors (Lipinski definition) is 6. The highest BCUT2D eigenvalue weighted by Gasteiger charge is 2.51. The molecule has 0 bridgehead atoms. The summed E-state index contributed by atoms with van der Waals surface area (Å²) in [6.45, 7) is 7.64. The van der Waals surface area contributed by atoms with Crippen LogP contribution in [0.3, 0.4) is 0 Å². The Morgan fingerprint density at radius 2 is 1.97 bits per heavy atom. The van der Waals surface area contributed by atoms with Gasteiger partial charge in [0.05, 0.1) is 10.5 Å². The number of amides is 1. The molecule has 1 aliphatic heterocycles. The van der Waals surface area contributed by atoms with E-state index < -0.39 is 10.6 Å². The van der Waals surface area contributed by atoms with E-state index in [0.29, 0.717) is 33.7 Å². The van der Waals surface area contributed by atoms with Crippen molar-refractivity contribution in [3.63, 3.8) is 0 Å². The lowest BCUT2D eigenvalue weighted by atomic mass is 9.95. The van der Waals surface area contributed by atoms with Crippen molar-refractivity contribution in [1.82, 2.24) is 0 Å². The zero-order valence-electron chi connectivity index (χ0n) is 17.5. The van der Waals surface area contributed by atoms with Crippen LogP contribution in [0.2, 0.25) is 0 Å². The molecule has 1 amide bonds. The lowest BCUT2D eigenvalue weighted by Crippen LogP contribution is -2.43. The molecule has 3 N–H and O–H groups in total. The molecule has 0 spiro atoms. The molecule has 33 heavy (non-hydrogen) atoms. The number of aliphatic hydroxyl groups excluding tert-OH is 1. The van der Waals surface area contributed by atoms with Crippen molar-refractivity contribution in [1.29, 1.82) is 5.26 Å². The van der Waals surface area contributed by atoms with Gasteiger partial charge in [-0.1, -0.05) is 60.3 Å². The van der Waals surface area contributed by atoms with Crippen LogP contribution in [-0.4, -0.2) is 25.2 Å². The molecule has 6 nitrogen and oxygen atoms in total. The predicted octanol–water partition coefficient (Wildman–Crippen LogP) is 5.56. The number of aliphatic hydroxyl groups is 1. The summed E-state index contributed by atoms with van der Waals surface area (Å²) in [5, 5.41) is 34.8. The maximum absolute atomic E-state index is 12.8. The molecule has 2 aromatic rings. The predicted molar refractivity (Wildman–Crippen MR) is 133 cm³/mol. The van der Waals surface area contributed by atoms with Crippen LogP contribution in [0.25, 0.3) is 5.57 Å². The van der Waals surface area contributed by atoms with Crippen molar-refractivity contribution in [2.24, 2.45) is 0 Å². The fourth-order valence-corrected chi connectivity index (χ4v) is 5.19. The van der Waals surface area contributed by atoms with Crippen LogP contribution in [-0.2, 0) is 11.3 Å². The molecule has 2 aliphatic rings. The molecule has 1 fully saturated rings. The van der Waals surface area contributed by atoms with E-state index in [4.69, 9.17) is 12.2 Å². The molecule has 1 atom stereocenters. The minimum atomic E-state index is -0.836. The molecule has 164 valence electrons. The highest BCUT2D eigenvalue weighted by atomic mass is 32.2. The van der Waals surface area contributed by atoms with E-state index in [9.17, 15) is 20.4 Å². The standard InChI is InChI=1S/C25H19N3O3S2/c1-15-11-12-21-22(23(15)29)28(31,25(32)33-21)14-17-7-6-10-19(20(17)13-26)16(2)24(30)27-18-8-4-3-5-9-18/h3-10,12,31H,1-2,11,14H2,(H-,27,29,30)/p+1. The molecule has 4 rings (SSSR count). The van der Waals surface area contributed by atoms with Crippen molar-refractivity contribution in [3.05, 3.63) is 106 Å². The SMILES string of the molecule is C=C1CC=C2SC(=S)[N+](O)(Cc3cccc(C(=C)C(=O)Nc4ccccc4)c3C#N)C2=C1O. The van der Waals surface area contributed by atoms with E-state index in [2.05, 4.69) is 24.5 Å². The Kier molecular flexibility index (Phi) is 6.06. The Morgan fingerprint density at radius 3 is 2.67 bits per heavy atom. The fraction of sp³-hybridized carbons (Fsp3) is 0.0800. The highest BCUT2D eigenvalue weighted by Crippen LogP contribution is 2.49. The number of anilines is 1. The van der Waals surface area contributed by atoms with E-state index in [1.54, 1.807) is 42.5 Å². The number of hydroxylamine groups is 3. The third kappa shape index (κ3) is 4.03. The number of rotatable bonds is 5. The average Bonchev–Trinajstić information content (AvgIpc) is 3.06. The number of thiocarbonyl (C=S) groups is 1. The minimum absolute atomic E-state index is 0.0938. The van der Waals surface area contributed by atoms with Crippen molar-refractivity contribution >= 4 is 45.5 Å². The molecular formula is C25H20N3O3S2+. The zero-order valence-corrected chi connectivity index (χ0v) is 19.2. The second-order valence-corrected chi connectivity index (χ2v) is 9.29. The van der Waals surface area contributed by atoms with Gasteiger partial charge in [-0.25, -0.2) is 5.21 Å². The molecule has 2 aromatic carbocycles. The number of quaternary nitrogens is 1. The number of fused-ring (bicyclic) bond motifs is 1. The summed E-state index contributed by atoms with van der Waals surface area (Å²) in [5.74, 6) is -0.534. The van der Waals surface area contributed by atoms with Crippen LogP contribution in [0.5, 0.6) is 0 Å². The van der Waals surface area contributed by atoms with Crippen LogP contribution in [0.4, 0.5) is 5.69 Å². The first kappa shape index (κ1) is 22.7. The summed E-state index contributed by atoms with van der Waals surface area (Å²) in [5.41, 5.74) is 2.50. The van der Waals surface area contributed by atoms with Crippen LogP contribution >= 0.6 is 24.0 Å². The van der Waals surface area contributed by atoms with Gasteiger partial charge in [-0.05, 0) is 48.1 Å². The first-order chi connectivity index (χ1) is 15.8. The Morgan fingerprint density at radius 1 is 1.24 bits per heavy atom. The summed E-state index contributed by atoms with van der Waals surface area (Å²) in [6.07, 6.45) is 2.33. The Bertz CT molecular complexity index is 1320. The van der Waals surface area contributed by atoms with E-state index in [1.165, 1.54) is 11.8 Å². The summed E-state index contributed by atoms with van der Waals surface area (Å²) < 4.78 is -0.607. The monoisotopic (exact) mass is 474 g/mol. The van der Waals surface area contributed by atoms with Crippen LogP contribution < -0.4 is 5.32 Å². The molecule has 8 heteroatoms. The Balaban J connectivity index is 1.69. The van der Waals surface area contributed by atoms with Gasteiger partial charge in [0, 0.05) is 22.4 Å². The number of carbonyl (C=O) groups is 1. The number of benzene rings is 2. The molecule has 0 aromatic heterocycles. The topological polar surface area (TPSA) is 93.4 Å². The van der Waals surface area contributed by atoms with Gasteiger partial charge in [0.25, 0.3) is 10.2 Å². The van der Waals surface area contributed by atoms with Gasteiger partial charge in [0.2, 0.25) is 5.70 Å². The van der Waals surface area contributed by atoms with Gasteiger partial charge in [0.15, 0.2) is 5.76 Å². The third-order valence-corrected chi connectivity index (χ3v) is 7.10. The number of carbonyl (C=O) groups excluding carboxylic acids is 1. The largest absolute Gasteiger partial charge is 0.502 e. The summed E-state index contributed by atoms with van der Waals surface area (Å²) >= 11 is 6.65. The van der Waals surface area contributed by atoms with Gasteiger partial charge < -0.3 is 10.4 Å². The number of allylic oxidation sites excluding steroid dienone is 2. The fourth-order valence-electron chi connectivity index (χ4n) is 3.76.